The molecule has 24 heavy (non-hydrogen) atoms. The zero-order chi connectivity index (χ0) is 16.9. The van der Waals surface area contributed by atoms with Gasteiger partial charge in [0.2, 0.25) is 0 Å². The second kappa shape index (κ2) is 7.79. The zero-order valence-corrected chi connectivity index (χ0v) is 14.2. The Morgan fingerprint density at radius 3 is 2.83 bits per heavy atom. The highest BCUT2D eigenvalue weighted by Crippen LogP contribution is 2.18. The number of hydrogen-bond donors (Lipinski definition) is 1. The number of nitrogens with zero attached hydrogens (tertiary/aromatic N) is 3. The van der Waals surface area contributed by atoms with Crippen LogP contribution in [0.15, 0.2) is 16.9 Å². The Hall–Kier alpha value is -1.89. The normalized spacial score (nSPS) is 21.9. The molecule has 2 amide bonds. The number of nitrogens with one attached hydrogen (secondary N) is 1. The van der Waals surface area contributed by atoms with E-state index >= 15 is 0 Å². The summed E-state index contributed by atoms with van der Waals surface area (Å²) in [6.07, 6.45) is 4.08. The van der Waals surface area contributed by atoms with E-state index in [1.807, 2.05) is 11.8 Å². The second-order valence-electron chi connectivity index (χ2n) is 6.75. The summed E-state index contributed by atoms with van der Waals surface area (Å²) in [5.41, 5.74) is 0.790. The maximum atomic E-state index is 12.2. The predicted molar refractivity (Wildman–Crippen MR) is 89.9 cm³/mol. The minimum Gasteiger partial charge on any atom is -0.376 e. The molecule has 1 aromatic heterocycles. The maximum Gasteiger partial charge on any atom is 0.317 e. The van der Waals surface area contributed by atoms with Crippen LogP contribution < -0.4 is 10.9 Å². The molecule has 0 aliphatic carbocycles. The molecular formula is C17H26N4O3. The van der Waals surface area contributed by atoms with Crippen molar-refractivity contribution in [2.75, 3.05) is 26.2 Å². The molecule has 0 spiro atoms. The van der Waals surface area contributed by atoms with Gasteiger partial charge in [-0.1, -0.05) is 0 Å². The first-order valence-corrected chi connectivity index (χ1v) is 8.81. The molecule has 1 aromatic rings. The minimum atomic E-state index is -0.0580. The summed E-state index contributed by atoms with van der Waals surface area (Å²) in [7, 11) is 0. The van der Waals surface area contributed by atoms with Crippen LogP contribution in [0.2, 0.25) is 0 Å². The topological polar surface area (TPSA) is 76.5 Å². The summed E-state index contributed by atoms with van der Waals surface area (Å²) in [6.45, 7) is 5.37. The van der Waals surface area contributed by atoms with Crippen LogP contribution in [0, 0.1) is 12.8 Å². The smallest absolute Gasteiger partial charge is 0.317 e. The lowest BCUT2D eigenvalue weighted by Crippen LogP contribution is -2.47. The summed E-state index contributed by atoms with van der Waals surface area (Å²) in [4.78, 5) is 25.9. The molecular weight excluding hydrogens is 308 g/mol. The van der Waals surface area contributed by atoms with E-state index in [2.05, 4.69) is 10.4 Å². The Morgan fingerprint density at radius 2 is 2.12 bits per heavy atom. The molecule has 0 aromatic carbocycles. The Labute approximate surface area is 142 Å². The molecule has 0 bridgehead atoms. The Bertz CT molecular complexity index is 617. The second-order valence-corrected chi connectivity index (χ2v) is 6.75. The van der Waals surface area contributed by atoms with Gasteiger partial charge in [0.05, 0.1) is 11.8 Å². The Balaban J connectivity index is 1.44. The number of amides is 2. The largest absolute Gasteiger partial charge is 0.376 e. The van der Waals surface area contributed by atoms with Gasteiger partial charge in [0, 0.05) is 38.9 Å². The highest BCUT2D eigenvalue weighted by atomic mass is 16.5. The number of likely N-dealkylation sites (tertiary alicyclic amines) is 1. The van der Waals surface area contributed by atoms with Crippen LogP contribution in [0.25, 0.3) is 0 Å². The molecule has 2 saturated heterocycles. The number of urea groups is 1. The van der Waals surface area contributed by atoms with Gasteiger partial charge in [-0.05, 0) is 44.6 Å². The Morgan fingerprint density at radius 1 is 1.33 bits per heavy atom. The van der Waals surface area contributed by atoms with Crippen LogP contribution in [-0.4, -0.2) is 53.1 Å². The van der Waals surface area contributed by atoms with Crippen LogP contribution in [-0.2, 0) is 11.3 Å². The number of aromatic nitrogens is 2. The molecule has 7 nitrogen and oxygen atoms in total. The van der Waals surface area contributed by atoms with Crippen LogP contribution in [0.3, 0.4) is 0 Å². The number of ether oxygens (including phenoxy) is 1. The summed E-state index contributed by atoms with van der Waals surface area (Å²) in [6, 6.07) is 3.30. The van der Waals surface area contributed by atoms with Crippen molar-refractivity contribution in [2.45, 2.75) is 45.3 Å². The average molecular weight is 334 g/mol. The summed E-state index contributed by atoms with van der Waals surface area (Å²) >= 11 is 0. The molecule has 1 N–H and O–H groups in total. The van der Waals surface area contributed by atoms with Crippen LogP contribution in [0.4, 0.5) is 4.79 Å². The van der Waals surface area contributed by atoms with E-state index < -0.39 is 0 Å². The van der Waals surface area contributed by atoms with Crippen molar-refractivity contribution in [3.63, 3.8) is 0 Å². The summed E-state index contributed by atoms with van der Waals surface area (Å²) in [5, 5.41) is 7.26. The van der Waals surface area contributed by atoms with Crippen molar-refractivity contribution < 1.29 is 9.53 Å². The first-order valence-electron chi connectivity index (χ1n) is 8.81. The van der Waals surface area contributed by atoms with Gasteiger partial charge in [0.25, 0.3) is 5.56 Å². The molecule has 3 heterocycles. The van der Waals surface area contributed by atoms with Crippen molar-refractivity contribution in [1.82, 2.24) is 20.0 Å². The molecule has 132 valence electrons. The number of carbonyl (C=O) groups excluding carboxylic acids is 1. The first kappa shape index (κ1) is 17.0. The van der Waals surface area contributed by atoms with E-state index in [0.717, 1.165) is 51.1 Å². The van der Waals surface area contributed by atoms with Crippen molar-refractivity contribution in [1.29, 1.82) is 0 Å². The van der Waals surface area contributed by atoms with Gasteiger partial charge >= 0.3 is 6.03 Å². The number of aryl methyl sites for hydroxylation is 1. The molecule has 7 heteroatoms. The third kappa shape index (κ3) is 4.35. The monoisotopic (exact) mass is 334 g/mol. The molecule has 0 saturated carbocycles. The molecule has 2 fully saturated rings. The van der Waals surface area contributed by atoms with E-state index in [1.54, 1.807) is 16.8 Å². The number of piperidine rings is 1. The number of hydrogen-bond acceptors (Lipinski definition) is 4. The van der Waals surface area contributed by atoms with Gasteiger partial charge in [-0.15, -0.1) is 0 Å². The molecule has 2 aliphatic rings. The van der Waals surface area contributed by atoms with Gasteiger partial charge in [-0.2, -0.15) is 5.10 Å². The van der Waals surface area contributed by atoms with Gasteiger partial charge in [-0.3, -0.25) is 4.79 Å². The van der Waals surface area contributed by atoms with E-state index in [9.17, 15) is 9.59 Å². The molecule has 1 unspecified atom stereocenters. The predicted octanol–water partition coefficient (Wildman–Crippen LogP) is 1.15. The van der Waals surface area contributed by atoms with E-state index in [1.165, 1.54) is 0 Å². The van der Waals surface area contributed by atoms with Gasteiger partial charge in [0.1, 0.15) is 0 Å². The standard InChI is InChI=1S/C17H26N4O3/c1-13-4-5-16(22)21(19-13)12-14-6-8-20(9-7-14)17(23)18-11-15-3-2-10-24-15/h4-5,14-15H,2-3,6-12H2,1H3,(H,18,23). The van der Waals surface area contributed by atoms with E-state index in [4.69, 9.17) is 4.74 Å². The maximum absolute atomic E-state index is 12.2. The molecule has 0 radical (unpaired) electrons. The van der Waals surface area contributed by atoms with Crippen LogP contribution >= 0.6 is 0 Å². The first-order chi connectivity index (χ1) is 11.6. The Kier molecular flexibility index (Phi) is 5.50. The fourth-order valence-electron chi connectivity index (χ4n) is 3.36. The van der Waals surface area contributed by atoms with E-state index in [0.29, 0.717) is 19.0 Å². The quantitative estimate of drug-likeness (QED) is 0.896. The third-order valence-corrected chi connectivity index (χ3v) is 4.84. The fourth-order valence-corrected chi connectivity index (χ4v) is 3.36. The highest BCUT2D eigenvalue weighted by Gasteiger charge is 2.24. The summed E-state index contributed by atoms with van der Waals surface area (Å²) < 4.78 is 7.07. The highest BCUT2D eigenvalue weighted by molar-refractivity contribution is 5.74. The van der Waals surface area contributed by atoms with Crippen molar-refractivity contribution in [3.05, 3.63) is 28.2 Å². The minimum absolute atomic E-state index is 0.00482. The lowest BCUT2D eigenvalue weighted by molar-refractivity contribution is 0.107. The number of rotatable bonds is 4. The van der Waals surface area contributed by atoms with Crippen LogP contribution in [0.1, 0.15) is 31.4 Å². The average Bonchev–Trinajstić information content (AvgIpc) is 3.10. The molecule has 2 aliphatic heterocycles. The third-order valence-electron chi connectivity index (χ3n) is 4.84. The fraction of sp³-hybridized carbons (Fsp3) is 0.706. The lowest BCUT2D eigenvalue weighted by Gasteiger charge is -2.32. The van der Waals surface area contributed by atoms with Gasteiger partial charge in [0.15, 0.2) is 0 Å². The van der Waals surface area contributed by atoms with Crippen LogP contribution in [0.5, 0.6) is 0 Å². The summed E-state index contributed by atoms with van der Waals surface area (Å²) in [5.74, 6) is 0.388. The van der Waals surface area contributed by atoms with Gasteiger partial charge < -0.3 is 15.0 Å². The van der Waals surface area contributed by atoms with Crippen molar-refractivity contribution in [3.8, 4) is 0 Å². The van der Waals surface area contributed by atoms with Crippen molar-refractivity contribution in [2.24, 2.45) is 5.92 Å². The zero-order valence-electron chi connectivity index (χ0n) is 14.2. The molecule has 3 rings (SSSR count). The van der Waals surface area contributed by atoms with Gasteiger partial charge in [-0.25, -0.2) is 9.48 Å². The van der Waals surface area contributed by atoms with E-state index in [-0.39, 0.29) is 17.7 Å². The van der Waals surface area contributed by atoms with Crippen molar-refractivity contribution >= 4 is 6.03 Å². The SMILES string of the molecule is Cc1ccc(=O)n(CC2CCN(C(=O)NCC3CCCO3)CC2)n1. The molecule has 1 atom stereocenters. The number of carbonyl (C=O) groups is 1. The lowest BCUT2D eigenvalue weighted by atomic mass is 9.97.